The summed E-state index contributed by atoms with van der Waals surface area (Å²) in [6.45, 7) is 0.979. The molecule has 0 radical (unpaired) electrons. The van der Waals surface area contributed by atoms with E-state index >= 15 is 0 Å². The van der Waals surface area contributed by atoms with Gasteiger partial charge in [-0.1, -0.05) is 6.07 Å². The number of urea groups is 1. The van der Waals surface area contributed by atoms with Crippen molar-refractivity contribution < 1.29 is 14.3 Å². The van der Waals surface area contributed by atoms with Gasteiger partial charge in [0.25, 0.3) is 0 Å². The first kappa shape index (κ1) is 10.3. The van der Waals surface area contributed by atoms with Crippen LogP contribution in [0.15, 0.2) is 18.2 Å². The zero-order chi connectivity index (χ0) is 12.0. The van der Waals surface area contributed by atoms with Crippen molar-refractivity contribution in [2.45, 2.75) is 6.04 Å². The predicted octanol–water partition coefficient (Wildman–Crippen LogP) is 1.45. The van der Waals surface area contributed by atoms with E-state index in [1.54, 1.807) is 9.80 Å². The van der Waals surface area contributed by atoms with E-state index in [0.717, 1.165) is 17.1 Å². The molecule has 0 saturated carbocycles. The summed E-state index contributed by atoms with van der Waals surface area (Å²) in [5, 5.41) is 0. The Kier molecular flexibility index (Phi) is 2.14. The van der Waals surface area contributed by atoms with Crippen molar-refractivity contribution in [3.63, 3.8) is 0 Å². The number of likely N-dealkylation sites (N-methyl/N-ethyl adjacent to an activating group) is 2. The van der Waals surface area contributed by atoms with E-state index in [4.69, 9.17) is 9.47 Å². The van der Waals surface area contributed by atoms with E-state index in [1.165, 1.54) is 0 Å². The highest BCUT2D eigenvalue weighted by molar-refractivity contribution is 5.77. The average molecular weight is 234 g/mol. The predicted molar refractivity (Wildman–Crippen MR) is 61.1 cm³/mol. The number of rotatable bonds is 1. The second-order valence-electron chi connectivity index (χ2n) is 4.40. The van der Waals surface area contributed by atoms with Gasteiger partial charge in [-0.25, -0.2) is 4.79 Å². The maximum atomic E-state index is 11.7. The normalized spacial score (nSPS) is 22.5. The smallest absolute Gasteiger partial charge is 0.320 e. The number of hydrogen-bond donors (Lipinski definition) is 0. The van der Waals surface area contributed by atoms with Crippen LogP contribution in [0.25, 0.3) is 0 Å². The molecule has 0 N–H and O–H groups in total. The Morgan fingerprint density at radius 3 is 2.71 bits per heavy atom. The van der Waals surface area contributed by atoms with Gasteiger partial charge < -0.3 is 19.3 Å². The molecule has 2 aliphatic rings. The zero-order valence-corrected chi connectivity index (χ0v) is 9.84. The van der Waals surface area contributed by atoms with Crippen LogP contribution in [0.4, 0.5) is 4.79 Å². The van der Waals surface area contributed by atoms with Crippen molar-refractivity contribution in [1.29, 1.82) is 0 Å². The third kappa shape index (κ3) is 1.50. The topological polar surface area (TPSA) is 42.0 Å². The van der Waals surface area contributed by atoms with Crippen molar-refractivity contribution >= 4 is 6.03 Å². The summed E-state index contributed by atoms with van der Waals surface area (Å²) >= 11 is 0. The van der Waals surface area contributed by atoms with Crippen LogP contribution in [0, 0.1) is 0 Å². The summed E-state index contributed by atoms with van der Waals surface area (Å²) in [5.41, 5.74) is 1.08. The molecule has 2 aliphatic heterocycles. The summed E-state index contributed by atoms with van der Waals surface area (Å²) < 4.78 is 10.6. The minimum atomic E-state index is 0.0488. The Morgan fingerprint density at radius 2 is 2.00 bits per heavy atom. The largest absolute Gasteiger partial charge is 0.454 e. The third-order valence-electron chi connectivity index (χ3n) is 3.32. The fraction of sp³-hybridized carbons (Fsp3) is 0.417. The number of benzene rings is 1. The lowest BCUT2D eigenvalue weighted by molar-refractivity contribution is 0.174. The lowest BCUT2D eigenvalue weighted by Gasteiger charge is -2.18. The van der Waals surface area contributed by atoms with Crippen LogP contribution in [0.3, 0.4) is 0 Å². The molecule has 0 spiro atoms. The molecule has 0 aromatic heterocycles. The molecule has 0 aliphatic carbocycles. The molecule has 2 heterocycles. The van der Waals surface area contributed by atoms with Crippen molar-refractivity contribution in [1.82, 2.24) is 9.80 Å². The molecule has 5 heteroatoms. The van der Waals surface area contributed by atoms with Crippen LogP contribution in [-0.2, 0) is 0 Å². The summed E-state index contributed by atoms with van der Waals surface area (Å²) in [7, 11) is 3.63. The average Bonchev–Trinajstić information content (AvgIpc) is 2.89. The molecule has 1 aromatic rings. The van der Waals surface area contributed by atoms with Gasteiger partial charge in [0, 0.05) is 20.6 Å². The van der Waals surface area contributed by atoms with Crippen LogP contribution >= 0.6 is 0 Å². The van der Waals surface area contributed by atoms with Gasteiger partial charge in [-0.05, 0) is 17.7 Å². The molecule has 90 valence electrons. The minimum Gasteiger partial charge on any atom is -0.454 e. The first-order valence-corrected chi connectivity index (χ1v) is 5.54. The van der Waals surface area contributed by atoms with Gasteiger partial charge in [-0.15, -0.1) is 0 Å². The second kappa shape index (κ2) is 3.55. The highest BCUT2D eigenvalue weighted by Crippen LogP contribution is 2.36. The van der Waals surface area contributed by atoms with Gasteiger partial charge in [0.15, 0.2) is 11.5 Å². The maximum absolute atomic E-state index is 11.7. The summed E-state index contributed by atoms with van der Waals surface area (Å²) in [6.07, 6.45) is 0. The second-order valence-corrected chi connectivity index (χ2v) is 4.40. The van der Waals surface area contributed by atoms with Crippen LogP contribution in [-0.4, -0.2) is 43.3 Å². The van der Waals surface area contributed by atoms with E-state index in [9.17, 15) is 4.79 Å². The molecule has 1 aromatic carbocycles. The highest BCUT2D eigenvalue weighted by atomic mass is 16.7. The number of carbonyl (C=O) groups is 1. The van der Waals surface area contributed by atoms with Gasteiger partial charge in [-0.2, -0.15) is 0 Å². The van der Waals surface area contributed by atoms with Gasteiger partial charge in [0.2, 0.25) is 6.79 Å². The van der Waals surface area contributed by atoms with Crippen molar-refractivity contribution in [2.75, 3.05) is 27.4 Å². The number of nitrogens with zero attached hydrogens (tertiary/aromatic N) is 2. The lowest BCUT2D eigenvalue weighted by Crippen LogP contribution is -2.26. The number of amides is 2. The highest BCUT2D eigenvalue weighted by Gasteiger charge is 2.33. The molecular formula is C12H14N2O3. The number of hydrogen-bond acceptors (Lipinski definition) is 3. The SMILES string of the molecule is CN1CC(c2ccc3c(c2)OCO3)N(C)C1=O. The maximum Gasteiger partial charge on any atom is 0.320 e. The van der Waals surface area contributed by atoms with Crippen LogP contribution in [0.2, 0.25) is 0 Å². The monoisotopic (exact) mass is 234 g/mol. The Bertz CT molecular complexity index is 475. The fourth-order valence-corrected chi connectivity index (χ4v) is 2.31. The molecule has 1 fully saturated rings. The van der Waals surface area contributed by atoms with Crippen LogP contribution in [0.5, 0.6) is 11.5 Å². The number of fused-ring (bicyclic) bond motifs is 1. The van der Waals surface area contributed by atoms with Gasteiger partial charge in [0.1, 0.15) is 0 Å². The summed E-state index contributed by atoms with van der Waals surface area (Å²) in [6, 6.07) is 5.97. The minimum absolute atomic E-state index is 0.0488. The molecule has 2 amide bonds. The van der Waals surface area contributed by atoms with E-state index in [-0.39, 0.29) is 18.9 Å². The van der Waals surface area contributed by atoms with Gasteiger partial charge in [-0.3, -0.25) is 0 Å². The van der Waals surface area contributed by atoms with Crippen molar-refractivity contribution in [2.24, 2.45) is 0 Å². The summed E-state index contributed by atoms with van der Waals surface area (Å²) in [4.78, 5) is 15.2. The standard InChI is InChI=1S/C12H14N2O3/c1-13-6-9(14(2)12(13)15)8-3-4-10-11(5-8)17-7-16-10/h3-5,9H,6-7H2,1-2H3. The van der Waals surface area contributed by atoms with E-state index in [2.05, 4.69) is 0 Å². The van der Waals surface area contributed by atoms with Crippen molar-refractivity contribution in [3.05, 3.63) is 23.8 Å². The first-order chi connectivity index (χ1) is 8.16. The Balaban J connectivity index is 1.92. The number of carbonyl (C=O) groups excluding carboxylic acids is 1. The van der Waals surface area contributed by atoms with E-state index in [0.29, 0.717) is 6.54 Å². The lowest BCUT2D eigenvalue weighted by atomic mass is 10.1. The van der Waals surface area contributed by atoms with Crippen LogP contribution < -0.4 is 9.47 Å². The third-order valence-corrected chi connectivity index (χ3v) is 3.32. The quantitative estimate of drug-likeness (QED) is 0.738. The first-order valence-electron chi connectivity index (χ1n) is 5.54. The molecule has 3 rings (SSSR count). The molecular weight excluding hydrogens is 220 g/mol. The van der Waals surface area contributed by atoms with Crippen LogP contribution in [0.1, 0.15) is 11.6 Å². The molecule has 0 bridgehead atoms. The van der Waals surface area contributed by atoms with E-state index in [1.807, 2.05) is 32.3 Å². The summed E-state index contributed by atoms with van der Waals surface area (Å²) in [5.74, 6) is 1.53. The Labute approximate surface area is 99.5 Å². The molecule has 1 saturated heterocycles. The zero-order valence-electron chi connectivity index (χ0n) is 9.84. The van der Waals surface area contributed by atoms with Gasteiger partial charge in [0.05, 0.1) is 6.04 Å². The fourth-order valence-electron chi connectivity index (χ4n) is 2.31. The van der Waals surface area contributed by atoms with Crippen molar-refractivity contribution in [3.8, 4) is 11.5 Å². The molecule has 17 heavy (non-hydrogen) atoms. The Hall–Kier alpha value is -1.91. The van der Waals surface area contributed by atoms with E-state index < -0.39 is 0 Å². The molecule has 1 unspecified atom stereocenters. The van der Waals surface area contributed by atoms with Gasteiger partial charge >= 0.3 is 6.03 Å². The Morgan fingerprint density at radius 1 is 1.24 bits per heavy atom. The molecule has 5 nitrogen and oxygen atoms in total. The molecule has 1 atom stereocenters. The number of ether oxygens (including phenoxy) is 2.